The van der Waals surface area contributed by atoms with Crippen molar-refractivity contribution in [2.45, 2.75) is 0 Å². The molecule has 0 radical (unpaired) electrons. The molecular formula is C13H8BrClN2S. The molecule has 0 aliphatic heterocycles. The molecule has 1 aromatic heterocycles. The summed E-state index contributed by atoms with van der Waals surface area (Å²) in [6, 6.07) is 11.5. The lowest BCUT2D eigenvalue weighted by Crippen LogP contribution is -1.89. The molecule has 0 spiro atoms. The molecule has 2 aromatic carbocycles. The fourth-order valence-electron chi connectivity index (χ4n) is 1.74. The normalized spacial score (nSPS) is 11.0. The topological polar surface area (TPSA) is 38.9 Å². The third-order valence-electron chi connectivity index (χ3n) is 2.59. The molecule has 2 nitrogen and oxygen atoms in total. The molecule has 5 heteroatoms. The van der Waals surface area contributed by atoms with Gasteiger partial charge in [0.25, 0.3) is 0 Å². The van der Waals surface area contributed by atoms with Gasteiger partial charge in [0.2, 0.25) is 0 Å². The second kappa shape index (κ2) is 4.53. The number of anilines is 1. The van der Waals surface area contributed by atoms with E-state index in [2.05, 4.69) is 20.9 Å². The van der Waals surface area contributed by atoms with Gasteiger partial charge >= 0.3 is 0 Å². The van der Waals surface area contributed by atoms with Crippen LogP contribution < -0.4 is 5.73 Å². The van der Waals surface area contributed by atoms with E-state index in [1.807, 2.05) is 36.4 Å². The van der Waals surface area contributed by atoms with E-state index in [1.165, 1.54) is 0 Å². The van der Waals surface area contributed by atoms with Crippen LogP contribution >= 0.6 is 38.9 Å². The van der Waals surface area contributed by atoms with E-state index in [1.54, 1.807) is 11.3 Å². The molecule has 3 aromatic rings. The number of nitrogens with zero attached hydrogens (tertiary/aromatic N) is 1. The van der Waals surface area contributed by atoms with Gasteiger partial charge in [-0.1, -0.05) is 27.5 Å². The highest BCUT2D eigenvalue weighted by Gasteiger charge is 2.09. The molecule has 3 rings (SSSR count). The van der Waals surface area contributed by atoms with E-state index in [4.69, 9.17) is 17.3 Å². The van der Waals surface area contributed by atoms with Gasteiger partial charge in [-0.25, -0.2) is 4.98 Å². The fraction of sp³-hybridized carbons (Fsp3) is 0. The van der Waals surface area contributed by atoms with Crippen molar-refractivity contribution < 1.29 is 0 Å². The van der Waals surface area contributed by atoms with Crippen LogP contribution in [0.4, 0.5) is 5.69 Å². The minimum atomic E-state index is 0.717. The molecule has 0 fully saturated rings. The number of rotatable bonds is 1. The lowest BCUT2D eigenvalue weighted by atomic mass is 10.2. The van der Waals surface area contributed by atoms with E-state index in [-0.39, 0.29) is 0 Å². The van der Waals surface area contributed by atoms with Gasteiger partial charge in [0, 0.05) is 20.7 Å². The molecule has 0 saturated heterocycles. The number of thiazole rings is 1. The van der Waals surface area contributed by atoms with Crippen molar-refractivity contribution in [2.75, 3.05) is 5.73 Å². The van der Waals surface area contributed by atoms with Crippen LogP contribution in [0.3, 0.4) is 0 Å². The van der Waals surface area contributed by atoms with Gasteiger partial charge in [0.15, 0.2) is 0 Å². The summed E-state index contributed by atoms with van der Waals surface area (Å²) in [5.74, 6) is 0. The Labute approximate surface area is 122 Å². The number of benzene rings is 2. The van der Waals surface area contributed by atoms with Crippen LogP contribution in [-0.2, 0) is 0 Å². The Morgan fingerprint density at radius 1 is 1.17 bits per heavy atom. The first-order chi connectivity index (χ1) is 8.63. The number of nitrogens with two attached hydrogens (primary N) is 1. The quantitative estimate of drug-likeness (QED) is 0.636. The first-order valence-corrected chi connectivity index (χ1v) is 7.24. The SMILES string of the molecule is Nc1cc(Br)ccc1-c1nc2ccc(Cl)cc2s1. The average Bonchev–Trinajstić information content (AvgIpc) is 2.71. The predicted octanol–water partition coefficient (Wildman–Crippen LogP) is 4.96. The molecule has 18 heavy (non-hydrogen) atoms. The van der Waals surface area contributed by atoms with Gasteiger partial charge in [-0.05, 0) is 36.4 Å². The number of aromatic nitrogens is 1. The van der Waals surface area contributed by atoms with Gasteiger partial charge in [0.05, 0.1) is 10.2 Å². The van der Waals surface area contributed by atoms with Crippen molar-refractivity contribution in [1.29, 1.82) is 0 Å². The van der Waals surface area contributed by atoms with Gasteiger partial charge in [-0.15, -0.1) is 11.3 Å². The van der Waals surface area contributed by atoms with E-state index in [0.29, 0.717) is 0 Å². The molecule has 0 aliphatic carbocycles. The third-order valence-corrected chi connectivity index (χ3v) is 4.37. The second-order valence-corrected chi connectivity index (χ2v) is 6.25. The molecule has 0 aliphatic rings. The smallest absolute Gasteiger partial charge is 0.126 e. The molecule has 0 bridgehead atoms. The fourth-order valence-corrected chi connectivity index (χ4v) is 3.41. The van der Waals surface area contributed by atoms with Crippen molar-refractivity contribution in [3.8, 4) is 10.6 Å². The van der Waals surface area contributed by atoms with Crippen LogP contribution in [0.15, 0.2) is 40.9 Å². The minimum Gasteiger partial charge on any atom is -0.398 e. The monoisotopic (exact) mass is 338 g/mol. The zero-order valence-electron chi connectivity index (χ0n) is 9.15. The van der Waals surface area contributed by atoms with Crippen LogP contribution in [-0.4, -0.2) is 4.98 Å². The Morgan fingerprint density at radius 2 is 2.00 bits per heavy atom. The zero-order chi connectivity index (χ0) is 12.7. The van der Waals surface area contributed by atoms with Gasteiger partial charge in [-0.3, -0.25) is 0 Å². The summed E-state index contributed by atoms with van der Waals surface area (Å²) in [5.41, 5.74) is 8.63. The maximum Gasteiger partial charge on any atom is 0.126 e. The van der Waals surface area contributed by atoms with E-state index >= 15 is 0 Å². The zero-order valence-corrected chi connectivity index (χ0v) is 12.3. The number of hydrogen-bond acceptors (Lipinski definition) is 3. The maximum absolute atomic E-state index is 6.02. The molecular weight excluding hydrogens is 332 g/mol. The van der Waals surface area contributed by atoms with Gasteiger partial charge < -0.3 is 5.73 Å². The van der Waals surface area contributed by atoms with Gasteiger partial charge in [0.1, 0.15) is 5.01 Å². The van der Waals surface area contributed by atoms with Crippen LogP contribution in [0.1, 0.15) is 0 Å². The summed E-state index contributed by atoms with van der Waals surface area (Å²) in [4.78, 5) is 4.58. The summed E-state index contributed by atoms with van der Waals surface area (Å²) >= 11 is 11.0. The average molecular weight is 340 g/mol. The first kappa shape index (κ1) is 12.0. The third kappa shape index (κ3) is 2.11. The lowest BCUT2D eigenvalue weighted by molar-refractivity contribution is 1.47. The Kier molecular flexibility index (Phi) is 3.01. The highest BCUT2D eigenvalue weighted by Crippen LogP contribution is 2.35. The van der Waals surface area contributed by atoms with Crippen LogP contribution in [0.25, 0.3) is 20.8 Å². The number of nitrogen functional groups attached to an aromatic ring is 1. The summed E-state index contributed by atoms with van der Waals surface area (Å²) in [6.07, 6.45) is 0. The Hall–Kier alpha value is -1.10. The standard InChI is InChI=1S/C13H8BrClN2S/c14-7-1-3-9(10(16)5-7)13-17-11-4-2-8(15)6-12(11)18-13/h1-6H,16H2. The molecule has 90 valence electrons. The van der Waals surface area contributed by atoms with Crippen molar-refractivity contribution in [2.24, 2.45) is 0 Å². The Balaban J connectivity index is 2.19. The summed E-state index contributed by atoms with van der Waals surface area (Å²) in [6.45, 7) is 0. The van der Waals surface area contributed by atoms with E-state index in [0.717, 1.165) is 36.0 Å². The van der Waals surface area contributed by atoms with E-state index < -0.39 is 0 Å². The van der Waals surface area contributed by atoms with Crippen LogP contribution in [0.2, 0.25) is 5.02 Å². The van der Waals surface area contributed by atoms with Crippen molar-refractivity contribution in [3.63, 3.8) is 0 Å². The summed E-state index contributed by atoms with van der Waals surface area (Å²) in [5, 5.41) is 1.64. The molecule has 0 atom stereocenters. The second-order valence-electron chi connectivity index (χ2n) is 3.86. The Morgan fingerprint density at radius 3 is 2.78 bits per heavy atom. The molecule has 0 saturated carbocycles. The van der Waals surface area contributed by atoms with Crippen molar-refractivity contribution in [3.05, 3.63) is 45.9 Å². The number of halogens is 2. The predicted molar refractivity (Wildman–Crippen MR) is 82.2 cm³/mol. The minimum absolute atomic E-state index is 0.717. The van der Waals surface area contributed by atoms with Crippen molar-refractivity contribution in [1.82, 2.24) is 4.98 Å². The summed E-state index contributed by atoms with van der Waals surface area (Å²) in [7, 11) is 0. The molecule has 1 heterocycles. The highest BCUT2D eigenvalue weighted by molar-refractivity contribution is 9.10. The molecule has 0 unspecified atom stereocenters. The van der Waals surface area contributed by atoms with Crippen molar-refractivity contribution >= 4 is 54.8 Å². The first-order valence-electron chi connectivity index (χ1n) is 5.25. The number of fused-ring (bicyclic) bond motifs is 1. The van der Waals surface area contributed by atoms with Gasteiger partial charge in [-0.2, -0.15) is 0 Å². The molecule has 2 N–H and O–H groups in total. The maximum atomic E-state index is 6.02. The largest absolute Gasteiger partial charge is 0.398 e. The van der Waals surface area contributed by atoms with E-state index in [9.17, 15) is 0 Å². The number of hydrogen-bond donors (Lipinski definition) is 1. The van der Waals surface area contributed by atoms with Crippen LogP contribution in [0.5, 0.6) is 0 Å². The summed E-state index contributed by atoms with van der Waals surface area (Å²) < 4.78 is 2.03. The highest BCUT2D eigenvalue weighted by atomic mass is 79.9. The van der Waals surface area contributed by atoms with Crippen LogP contribution in [0, 0.1) is 0 Å². The Bertz CT molecular complexity index is 739. The lowest BCUT2D eigenvalue weighted by Gasteiger charge is -2.01. The molecule has 0 amide bonds.